The van der Waals surface area contributed by atoms with Crippen LogP contribution in [0.3, 0.4) is 0 Å². The van der Waals surface area contributed by atoms with Crippen molar-refractivity contribution in [3.8, 4) is 0 Å². The van der Waals surface area contributed by atoms with E-state index in [1.54, 1.807) is 0 Å². The van der Waals surface area contributed by atoms with Crippen LogP contribution in [0.4, 0.5) is 0 Å². The van der Waals surface area contributed by atoms with Gasteiger partial charge in [0.2, 0.25) is 0 Å². The molecule has 0 atom stereocenters. The molecule has 0 aromatic heterocycles. The van der Waals surface area contributed by atoms with Crippen molar-refractivity contribution >= 4 is 0 Å². The van der Waals surface area contributed by atoms with Gasteiger partial charge < -0.3 is 10.2 Å². The molecule has 0 amide bonds. The predicted molar refractivity (Wildman–Crippen MR) is 86.0 cm³/mol. The van der Waals surface area contributed by atoms with Gasteiger partial charge >= 0.3 is 0 Å². The van der Waals surface area contributed by atoms with Gasteiger partial charge in [-0.05, 0) is 50.5 Å². The molecule has 3 aliphatic carbocycles. The fraction of sp³-hybridized carbons (Fsp3) is 1.00. The van der Waals surface area contributed by atoms with Crippen molar-refractivity contribution in [3.05, 3.63) is 0 Å². The highest BCUT2D eigenvalue weighted by Gasteiger charge is 2.37. The van der Waals surface area contributed by atoms with Crippen molar-refractivity contribution < 1.29 is 0 Å². The van der Waals surface area contributed by atoms with Crippen LogP contribution in [0, 0.1) is 5.41 Å². The Bertz CT molecular complexity index is 286. The van der Waals surface area contributed by atoms with Crippen molar-refractivity contribution in [2.24, 2.45) is 5.41 Å². The van der Waals surface area contributed by atoms with Gasteiger partial charge in [0.25, 0.3) is 0 Å². The van der Waals surface area contributed by atoms with Gasteiger partial charge in [-0.25, -0.2) is 0 Å². The van der Waals surface area contributed by atoms with Crippen LogP contribution in [0.1, 0.15) is 77.6 Å². The topological polar surface area (TPSA) is 15.3 Å². The number of hydrogen-bond donors (Lipinski definition) is 1. The molecule has 0 aromatic carbocycles. The van der Waals surface area contributed by atoms with Crippen molar-refractivity contribution in [1.82, 2.24) is 10.2 Å². The Morgan fingerprint density at radius 1 is 0.950 bits per heavy atom. The predicted octanol–water partition coefficient (Wildman–Crippen LogP) is 3.95. The number of hydrogen-bond acceptors (Lipinski definition) is 2. The third-order valence-corrected chi connectivity index (χ3v) is 6.04. The minimum Gasteiger partial charge on any atom is -0.313 e. The van der Waals surface area contributed by atoms with Gasteiger partial charge in [-0.3, -0.25) is 0 Å². The van der Waals surface area contributed by atoms with Gasteiger partial charge in [0.1, 0.15) is 0 Å². The zero-order chi connectivity index (χ0) is 13.8. The summed E-state index contributed by atoms with van der Waals surface area (Å²) >= 11 is 0. The molecule has 0 spiro atoms. The fourth-order valence-corrected chi connectivity index (χ4v) is 4.54. The van der Waals surface area contributed by atoms with E-state index < -0.39 is 0 Å². The largest absolute Gasteiger partial charge is 0.313 e. The minimum atomic E-state index is 0.597. The average Bonchev–Trinajstić information content (AvgIpc) is 3.17. The first kappa shape index (κ1) is 14.8. The van der Waals surface area contributed by atoms with Crippen LogP contribution in [-0.4, -0.2) is 36.6 Å². The van der Waals surface area contributed by atoms with E-state index in [-0.39, 0.29) is 0 Å². The monoisotopic (exact) mass is 278 g/mol. The summed E-state index contributed by atoms with van der Waals surface area (Å²) in [6.07, 6.45) is 16.0. The summed E-state index contributed by atoms with van der Waals surface area (Å²) in [7, 11) is 0. The molecule has 3 rings (SSSR count). The number of nitrogens with zero attached hydrogens (tertiary/aromatic N) is 1. The van der Waals surface area contributed by atoms with Crippen LogP contribution in [-0.2, 0) is 0 Å². The highest BCUT2D eigenvalue weighted by molar-refractivity contribution is 4.93. The molecule has 0 bridgehead atoms. The van der Waals surface area contributed by atoms with Gasteiger partial charge in [-0.15, -0.1) is 0 Å². The fourth-order valence-electron chi connectivity index (χ4n) is 4.54. The molecule has 116 valence electrons. The highest BCUT2D eigenvalue weighted by atomic mass is 15.2. The lowest BCUT2D eigenvalue weighted by Gasteiger charge is -2.43. The molecule has 3 aliphatic rings. The van der Waals surface area contributed by atoms with Crippen LogP contribution in [0.25, 0.3) is 0 Å². The van der Waals surface area contributed by atoms with E-state index in [1.165, 1.54) is 90.3 Å². The lowest BCUT2D eigenvalue weighted by Crippen LogP contribution is -2.48. The second kappa shape index (κ2) is 6.79. The first-order valence-electron chi connectivity index (χ1n) is 9.29. The zero-order valence-corrected chi connectivity index (χ0v) is 13.5. The molecule has 2 heteroatoms. The Hall–Kier alpha value is -0.0800. The van der Waals surface area contributed by atoms with E-state index in [9.17, 15) is 0 Å². The lowest BCUT2D eigenvalue weighted by atomic mass is 9.73. The van der Waals surface area contributed by atoms with E-state index in [0.29, 0.717) is 5.41 Å². The number of rotatable bonds is 7. The summed E-state index contributed by atoms with van der Waals surface area (Å²) in [5.41, 5.74) is 0.597. The first-order chi connectivity index (χ1) is 9.81. The van der Waals surface area contributed by atoms with E-state index in [1.807, 2.05) is 0 Å². The van der Waals surface area contributed by atoms with Crippen molar-refractivity contribution in [3.63, 3.8) is 0 Å². The molecular weight excluding hydrogens is 244 g/mol. The third-order valence-electron chi connectivity index (χ3n) is 6.04. The van der Waals surface area contributed by atoms with E-state index in [2.05, 4.69) is 17.1 Å². The van der Waals surface area contributed by atoms with Crippen LogP contribution >= 0.6 is 0 Å². The molecule has 1 N–H and O–H groups in total. The minimum absolute atomic E-state index is 0.597. The van der Waals surface area contributed by atoms with E-state index in [4.69, 9.17) is 0 Å². The summed E-state index contributed by atoms with van der Waals surface area (Å²) in [5, 5.41) is 3.86. The zero-order valence-electron chi connectivity index (χ0n) is 13.5. The molecule has 0 unspecified atom stereocenters. The maximum absolute atomic E-state index is 3.86. The quantitative estimate of drug-likeness (QED) is 0.758. The van der Waals surface area contributed by atoms with Gasteiger partial charge in [0, 0.05) is 25.2 Å². The van der Waals surface area contributed by atoms with Gasteiger partial charge in [-0.2, -0.15) is 0 Å². The smallest absolute Gasteiger partial charge is 0.00953 e. The molecule has 0 saturated heterocycles. The Morgan fingerprint density at radius 3 is 2.25 bits per heavy atom. The van der Waals surface area contributed by atoms with Crippen LogP contribution in [0.2, 0.25) is 0 Å². The maximum atomic E-state index is 3.86. The molecule has 2 nitrogen and oxygen atoms in total. The lowest BCUT2D eigenvalue weighted by molar-refractivity contribution is 0.0788. The summed E-state index contributed by atoms with van der Waals surface area (Å²) in [6, 6.07) is 1.77. The highest BCUT2D eigenvalue weighted by Crippen LogP contribution is 2.39. The second-order valence-electron chi connectivity index (χ2n) is 7.72. The first-order valence-corrected chi connectivity index (χ1v) is 9.29. The molecule has 0 aromatic rings. The average molecular weight is 278 g/mol. The summed E-state index contributed by atoms with van der Waals surface area (Å²) in [5.74, 6) is 0. The molecule has 20 heavy (non-hydrogen) atoms. The molecule has 0 radical (unpaired) electrons. The Balaban J connectivity index is 1.60. The molecule has 0 heterocycles. The standard InChI is InChI=1S/C18H34N2/c1-2-20(17-8-4-5-9-17)15-18(12-6-3-7-13-18)14-19-16-10-11-16/h16-17,19H,2-15H2,1H3. The number of nitrogens with one attached hydrogen (secondary N) is 1. The molecule has 3 fully saturated rings. The Labute approximate surface area is 125 Å². The molecule has 3 saturated carbocycles. The Morgan fingerprint density at radius 2 is 1.65 bits per heavy atom. The van der Waals surface area contributed by atoms with Gasteiger partial charge in [0.05, 0.1) is 0 Å². The van der Waals surface area contributed by atoms with Crippen LogP contribution in [0.5, 0.6) is 0 Å². The van der Waals surface area contributed by atoms with E-state index in [0.717, 1.165) is 12.1 Å². The van der Waals surface area contributed by atoms with Gasteiger partial charge in [0.15, 0.2) is 0 Å². The van der Waals surface area contributed by atoms with Gasteiger partial charge in [-0.1, -0.05) is 39.0 Å². The SMILES string of the molecule is CCN(CC1(CNC2CC2)CCCCC1)C1CCCC1. The van der Waals surface area contributed by atoms with Crippen LogP contribution in [0.15, 0.2) is 0 Å². The third kappa shape index (κ3) is 3.76. The van der Waals surface area contributed by atoms with E-state index >= 15 is 0 Å². The molecule has 0 aliphatic heterocycles. The normalized spacial score (nSPS) is 27.3. The van der Waals surface area contributed by atoms with Crippen molar-refractivity contribution in [2.45, 2.75) is 89.6 Å². The second-order valence-corrected chi connectivity index (χ2v) is 7.72. The summed E-state index contributed by atoms with van der Waals surface area (Å²) < 4.78 is 0. The Kier molecular flexibility index (Phi) is 5.04. The maximum Gasteiger partial charge on any atom is 0.00953 e. The van der Waals surface area contributed by atoms with Crippen molar-refractivity contribution in [1.29, 1.82) is 0 Å². The van der Waals surface area contributed by atoms with Crippen LogP contribution < -0.4 is 5.32 Å². The molecular formula is C18H34N2. The van der Waals surface area contributed by atoms with Crippen molar-refractivity contribution in [2.75, 3.05) is 19.6 Å². The summed E-state index contributed by atoms with van der Waals surface area (Å²) in [6.45, 7) is 6.30. The summed E-state index contributed by atoms with van der Waals surface area (Å²) in [4.78, 5) is 2.84.